The average molecular weight is 407 g/mol. The summed E-state index contributed by atoms with van der Waals surface area (Å²) in [7, 11) is 1.76. The molecule has 10 atom stereocenters. The molecule has 4 aliphatic rings. The molecule has 29 heavy (non-hydrogen) atoms. The summed E-state index contributed by atoms with van der Waals surface area (Å²) in [5, 5.41) is 22.8. The molecule has 0 aliphatic heterocycles. The minimum Gasteiger partial charge on any atom is -0.393 e. The molecule has 4 rings (SSSR count). The number of aliphatic hydroxyl groups is 2. The summed E-state index contributed by atoms with van der Waals surface area (Å²) in [4.78, 5) is 12.1. The molecule has 0 heterocycles. The van der Waals surface area contributed by atoms with Crippen molar-refractivity contribution in [3.63, 3.8) is 0 Å². The number of ether oxygens (including phenoxy) is 1. The standard InChI is InChI=1S/C25H42O4/c1-15(6-5-11-29-4)18-7-8-19-23-20(14-22(28)25(18,19)3)24(2)10-9-17(26)12-16(24)13-21(23)27/h15-16,18-23,27-28H,5-14H2,1-4H3/t15?,16-,18?,19?,20?,21?,22-,23?,24-,25+/m0/s1. The fourth-order valence-corrected chi connectivity index (χ4v) is 8.70. The molecule has 4 heteroatoms. The van der Waals surface area contributed by atoms with Gasteiger partial charge in [0.25, 0.3) is 0 Å². The van der Waals surface area contributed by atoms with Gasteiger partial charge in [-0.05, 0) is 91.3 Å². The van der Waals surface area contributed by atoms with Gasteiger partial charge < -0.3 is 14.9 Å². The molecule has 2 N–H and O–H groups in total. The molecule has 0 spiro atoms. The zero-order valence-electron chi connectivity index (χ0n) is 18.9. The summed E-state index contributed by atoms with van der Waals surface area (Å²) in [6.07, 6.45) is 7.74. The maximum Gasteiger partial charge on any atom is 0.133 e. The molecule has 166 valence electrons. The zero-order chi connectivity index (χ0) is 21.0. The molecule has 0 amide bonds. The third-order valence-corrected chi connectivity index (χ3v) is 10.4. The topological polar surface area (TPSA) is 66.8 Å². The minimum absolute atomic E-state index is 0.0949. The van der Waals surface area contributed by atoms with Gasteiger partial charge in [0, 0.05) is 26.6 Å². The predicted octanol–water partition coefficient (Wildman–Crippen LogP) is 4.22. The molecule has 4 nitrogen and oxygen atoms in total. The number of ketones is 1. The van der Waals surface area contributed by atoms with Gasteiger partial charge in [-0.2, -0.15) is 0 Å². The van der Waals surface area contributed by atoms with E-state index in [4.69, 9.17) is 4.74 Å². The molecular formula is C25H42O4. The number of methoxy groups -OCH3 is 1. The normalized spacial score (nSPS) is 50.6. The van der Waals surface area contributed by atoms with Crippen LogP contribution < -0.4 is 0 Å². The van der Waals surface area contributed by atoms with E-state index in [1.807, 2.05) is 0 Å². The fraction of sp³-hybridized carbons (Fsp3) is 0.960. The summed E-state index contributed by atoms with van der Waals surface area (Å²) >= 11 is 0. The van der Waals surface area contributed by atoms with Gasteiger partial charge in [0.1, 0.15) is 5.78 Å². The second kappa shape index (κ2) is 7.91. The first-order chi connectivity index (χ1) is 13.7. The van der Waals surface area contributed by atoms with E-state index >= 15 is 0 Å². The highest BCUT2D eigenvalue weighted by Gasteiger charge is 2.65. The Morgan fingerprint density at radius 2 is 1.93 bits per heavy atom. The van der Waals surface area contributed by atoms with Gasteiger partial charge in [-0.1, -0.05) is 20.8 Å². The average Bonchev–Trinajstić information content (AvgIpc) is 3.03. The van der Waals surface area contributed by atoms with Gasteiger partial charge in [0.15, 0.2) is 0 Å². The Morgan fingerprint density at radius 3 is 2.66 bits per heavy atom. The van der Waals surface area contributed by atoms with Crippen molar-refractivity contribution in [2.75, 3.05) is 13.7 Å². The van der Waals surface area contributed by atoms with Gasteiger partial charge in [0.2, 0.25) is 0 Å². The van der Waals surface area contributed by atoms with Crippen LogP contribution in [0.25, 0.3) is 0 Å². The summed E-state index contributed by atoms with van der Waals surface area (Å²) in [6, 6.07) is 0. The van der Waals surface area contributed by atoms with Crippen molar-refractivity contribution >= 4 is 5.78 Å². The third-order valence-electron chi connectivity index (χ3n) is 10.4. The molecule has 0 bridgehead atoms. The van der Waals surface area contributed by atoms with E-state index in [1.54, 1.807) is 7.11 Å². The number of carbonyl (C=O) groups is 1. The largest absolute Gasteiger partial charge is 0.393 e. The van der Waals surface area contributed by atoms with Gasteiger partial charge in [-0.25, -0.2) is 0 Å². The third kappa shape index (κ3) is 3.32. The second-order valence-electron chi connectivity index (χ2n) is 11.5. The summed E-state index contributed by atoms with van der Waals surface area (Å²) < 4.78 is 5.26. The maximum atomic E-state index is 12.1. The number of hydrogen-bond acceptors (Lipinski definition) is 4. The first-order valence-corrected chi connectivity index (χ1v) is 12.1. The number of rotatable bonds is 5. The van der Waals surface area contributed by atoms with E-state index in [9.17, 15) is 15.0 Å². The van der Waals surface area contributed by atoms with E-state index in [-0.39, 0.29) is 29.0 Å². The Labute approximate surface area is 176 Å². The molecule has 0 aromatic carbocycles. The molecule has 0 aromatic heterocycles. The van der Waals surface area contributed by atoms with Crippen LogP contribution in [0, 0.1) is 46.3 Å². The van der Waals surface area contributed by atoms with Crippen molar-refractivity contribution in [2.24, 2.45) is 46.3 Å². The van der Waals surface area contributed by atoms with E-state index in [0.29, 0.717) is 48.2 Å². The van der Waals surface area contributed by atoms with E-state index in [1.165, 1.54) is 6.42 Å². The van der Waals surface area contributed by atoms with E-state index in [2.05, 4.69) is 20.8 Å². The minimum atomic E-state index is -0.316. The fourth-order valence-electron chi connectivity index (χ4n) is 8.70. The molecule has 0 saturated heterocycles. The Bertz CT molecular complexity index is 620. The zero-order valence-corrected chi connectivity index (χ0v) is 18.9. The lowest BCUT2D eigenvalue weighted by atomic mass is 9.43. The summed E-state index contributed by atoms with van der Waals surface area (Å²) in [6.45, 7) is 7.85. The SMILES string of the molecule is COCCCC(C)C1CCC2C3C(O)C[C@@H]4CC(=O)CC[C@]4(C)C3C[C@H](O)[C@]12C. The van der Waals surface area contributed by atoms with Crippen molar-refractivity contribution in [1.82, 2.24) is 0 Å². The first kappa shape index (κ1) is 21.8. The predicted molar refractivity (Wildman–Crippen MR) is 113 cm³/mol. The Hall–Kier alpha value is -0.450. The number of fused-ring (bicyclic) bond motifs is 5. The van der Waals surface area contributed by atoms with E-state index in [0.717, 1.165) is 45.1 Å². The Balaban J connectivity index is 1.59. The van der Waals surface area contributed by atoms with Crippen LogP contribution in [0.4, 0.5) is 0 Å². The highest BCUT2D eigenvalue weighted by Crippen LogP contribution is 2.68. The lowest BCUT2D eigenvalue weighted by Crippen LogP contribution is -2.62. The number of carbonyl (C=O) groups excluding carboxylic acids is 1. The van der Waals surface area contributed by atoms with Crippen LogP contribution in [0.3, 0.4) is 0 Å². The Morgan fingerprint density at radius 1 is 1.17 bits per heavy atom. The smallest absolute Gasteiger partial charge is 0.133 e. The lowest BCUT2D eigenvalue weighted by molar-refractivity contribution is -0.201. The quantitative estimate of drug-likeness (QED) is 0.671. The van der Waals surface area contributed by atoms with Crippen LogP contribution in [0.1, 0.15) is 78.6 Å². The van der Waals surface area contributed by atoms with Crippen LogP contribution >= 0.6 is 0 Å². The maximum absolute atomic E-state index is 12.1. The van der Waals surface area contributed by atoms with Crippen molar-refractivity contribution in [3.8, 4) is 0 Å². The monoisotopic (exact) mass is 406 g/mol. The van der Waals surface area contributed by atoms with Crippen LogP contribution in [-0.4, -0.2) is 41.9 Å². The van der Waals surface area contributed by atoms with E-state index < -0.39 is 0 Å². The number of Topliss-reactive ketones (excluding diaryl/α,β-unsaturated/α-hetero) is 1. The molecule has 4 aliphatic carbocycles. The van der Waals surface area contributed by atoms with Crippen LogP contribution in [0.5, 0.6) is 0 Å². The Kier molecular flexibility index (Phi) is 5.94. The molecular weight excluding hydrogens is 364 g/mol. The van der Waals surface area contributed by atoms with Gasteiger partial charge >= 0.3 is 0 Å². The second-order valence-corrected chi connectivity index (χ2v) is 11.5. The van der Waals surface area contributed by atoms with Crippen LogP contribution in [0.15, 0.2) is 0 Å². The number of aliphatic hydroxyl groups excluding tert-OH is 2. The van der Waals surface area contributed by atoms with Crippen molar-refractivity contribution < 1.29 is 19.7 Å². The lowest BCUT2D eigenvalue weighted by Gasteiger charge is -2.63. The highest BCUT2D eigenvalue weighted by atomic mass is 16.5. The summed E-state index contributed by atoms with van der Waals surface area (Å²) in [5.74, 6) is 2.78. The van der Waals surface area contributed by atoms with Crippen molar-refractivity contribution in [2.45, 2.75) is 90.8 Å². The van der Waals surface area contributed by atoms with Crippen molar-refractivity contribution in [3.05, 3.63) is 0 Å². The van der Waals surface area contributed by atoms with Gasteiger partial charge in [-0.15, -0.1) is 0 Å². The van der Waals surface area contributed by atoms with Gasteiger partial charge in [-0.3, -0.25) is 4.79 Å². The summed E-state index contributed by atoms with van der Waals surface area (Å²) in [5.41, 5.74) is 0.00457. The molecule has 0 radical (unpaired) electrons. The number of hydrogen-bond donors (Lipinski definition) is 2. The molecule has 4 saturated carbocycles. The molecule has 6 unspecified atom stereocenters. The highest BCUT2D eigenvalue weighted by molar-refractivity contribution is 5.79. The van der Waals surface area contributed by atoms with Gasteiger partial charge in [0.05, 0.1) is 12.2 Å². The van der Waals surface area contributed by atoms with Crippen LogP contribution in [-0.2, 0) is 9.53 Å². The molecule has 4 fully saturated rings. The van der Waals surface area contributed by atoms with Crippen LogP contribution in [0.2, 0.25) is 0 Å². The first-order valence-electron chi connectivity index (χ1n) is 12.1. The molecule has 0 aromatic rings. The van der Waals surface area contributed by atoms with Crippen molar-refractivity contribution in [1.29, 1.82) is 0 Å².